The lowest BCUT2D eigenvalue weighted by Gasteiger charge is -2.27. The van der Waals surface area contributed by atoms with Crippen LogP contribution in [0, 0.1) is 0 Å². The number of hydrogen-bond acceptors (Lipinski definition) is 4. The van der Waals surface area contributed by atoms with E-state index in [9.17, 15) is 0 Å². The van der Waals surface area contributed by atoms with Gasteiger partial charge in [0.25, 0.3) is 0 Å². The first-order valence-electron chi connectivity index (χ1n) is 9.81. The molecule has 0 atom stereocenters. The Morgan fingerprint density at radius 1 is 0.931 bits per heavy atom. The molecule has 0 aliphatic carbocycles. The highest BCUT2D eigenvalue weighted by Gasteiger charge is 2.21. The van der Waals surface area contributed by atoms with Crippen LogP contribution in [0.4, 0.5) is 0 Å². The van der Waals surface area contributed by atoms with Crippen molar-refractivity contribution in [3.63, 3.8) is 0 Å². The Hall–Kier alpha value is -2.89. The van der Waals surface area contributed by atoms with Crippen molar-refractivity contribution in [2.45, 2.75) is 32.7 Å². The molecule has 0 amide bonds. The Morgan fingerprint density at radius 2 is 1.69 bits per heavy atom. The molecule has 2 aromatic carbocycles. The van der Waals surface area contributed by atoms with Gasteiger partial charge in [-0.1, -0.05) is 32.0 Å². The number of methoxy groups -OCH3 is 3. The van der Waals surface area contributed by atoms with Crippen molar-refractivity contribution in [1.29, 1.82) is 0 Å². The molecule has 0 aromatic heterocycles. The van der Waals surface area contributed by atoms with Crippen LogP contribution in [-0.4, -0.2) is 40.4 Å². The monoisotopic (exact) mass is 399 g/mol. The number of hydrogen-bond donors (Lipinski definition) is 2. The fourth-order valence-corrected chi connectivity index (χ4v) is 2.94. The van der Waals surface area contributed by atoms with Gasteiger partial charge >= 0.3 is 0 Å². The predicted molar refractivity (Wildman–Crippen MR) is 118 cm³/mol. The van der Waals surface area contributed by atoms with Gasteiger partial charge in [0.15, 0.2) is 17.5 Å². The third-order valence-corrected chi connectivity index (χ3v) is 4.76. The standard InChI is InChI=1S/C23H33N3O3/c1-7-24-22(25-15-17-11-12-20(28-5)21(13-17)29-6)26-16-23(2,3)18-9-8-10-19(14-18)27-4/h8-14H,7,15-16H2,1-6H3,(H2,24,25,26). The molecule has 0 bridgehead atoms. The normalized spacial score (nSPS) is 11.7. The van der Waals surface area contributed by atoms with Crippen LogP contribution in [0.15, 0.2) is 47.5 Å². The molecule has 2 aromatic rings. The highest BCUT2D eigenvalue weighted by atomic mass is 16.5. The minimum atomic E-state index is -0.0892. The number of guanidine groups is 1. The van der Waals surface area contributed by atoms with Crippen molar-refractivity contribution in [2.75, 3.05) is 34.4 Å². The molecule has 0 aliphatic rings. The number of nitrogens with zero attached hydrogens (tertiary/aromatic N) is 1. The second kappa shape index (κ2) is 10.6. The highest BCUT2D eigenvalue weighted by Crippen LogP contribution is 2.28. The largest absolute Gasteiger partial charge is 0.497 e. The van der Waals surface area contributed by atoms with Crippen LogP contribution in [0.1, 0.15) is 31.9 Å². The van der Waals surface area contributed by atoms with Gasteiger partial charge in [-0.05, 0) is 42.3 Å². The molecule has 0 unspecified atom stereocenters. The number of benzene rings is 2. The van der Waals surface area contributed by atoms with Gasteiger partial charge in [0.2, 0.25) is 0 Å². The Labute approximate surface area is 174 Å². The lowest BCUT2D eigenvalue weighted by atomic mass is 9.84. The van der Waals surface area contributed by atoms with E-state index >= 15 is 0 Å². The molecular formula is C23H33N3O3. The molecule has 6 nitrogen and oxygen atoms in total. The van der Waals surface area contributed by atoms with Crippen LogP contribution in [0.25, 0.3) is 0 Å². The first-order valence-corrected chi connectivity index (χ1v) is 9.81. The van der Waals surface area contributed by atoms with E-state index in [1.165, 1.54) is 5.56 Å². The maximum atomic E-state index is 5.38. The third kappa shape index (κ3) is 6.31. The van der Waals surface area contributed by atoms with Crippen LogP contribution in [-0.2, 0) is 12.0 Å². The Kier molecular flexibility index (Phi) is 8.19. The highest BCUT2D eigenvalue weighted by molar-refractivity contribution is 5.79. The number of aliphatic imine (C=N–C) groups is 1. The molecular weight excluding hydrogens is 366 g/mol. The second-order valence-electron chi connectivity index (χ2n) is 7.35. The predicted octanol–water partition coefficient (Wildman–Crippen LogP) is 3.75. The smallest absolute Gasteiger partial charge is 0.191 e. The van der Waals surface area contributed by atoms with Crippen molar-refractivity contribution < 1.29 is 14.2 Å². The summed E-state index contributed by atoms with van der Waals surface area (Å²) in [5, 5.41) is 6.77. The van der Waals surface area contributed by atoms with Crippen LogP contribution in [0.2, 0.25) is 0 Å². The average Bonchev–Trinajstić information content (AvgIpc) is 2.75. The van der Waals surface area contributed by atoms with E-state index in [0.29, 0.717) is 18.0 Å². The Morgan fingerprint density at radius 3 is 2.34 bits per heavy atom. The minimum absolute atomic E-state index is 0.0892. The maximum Gasteiger partial charge on any atom is 0.191 e. The SMILES string of the molecule is CCNC(=NCc1ccc(OC)c(OC)c1)NCC(C)(C)c1cccc(OC)c1. The van der Waals surface area contributed by atoms with E-state index < -0.39 is 0 Å². The molecule has 0 fully saturated rings. The van der Waals surface area contributed by atoms with Crippen LogP contribution < -0.4 is 24.8 Å². The molecule has 0 radical (unpaired) electrons. The summed E-state index contributed by atoms with van der Waals surface area (Å²) in [6, 6.07) is 14.0. The zero-order valence-electron chi connectivity index (χ0n) is 18.3. The summed E-state index contributed by atoms with van der Waals surface area (Å²) in [5.41, 5.74) is 2.17. The van der Waals surface area contributed by atoms with Crippen molar-refractivity contribution in [3.05, 3.63) is 53.6 Å². The number of ether oxygens (including phenoxy) is 3. The molecule has 2 rings (SSSR count). The third-order valence-electron chi connectivity index (χ3n) is 4.76. The summed E-state index contributed by atoms with van der Waals surface area (Å²) in [4.78, 5) is 4.72. The fraction of sp³-hybridized carbons (Fsp3) is 0.435. The molecule has 29 heavy (non-hydrogen) atoms. The number of rotatable bonds is 9. The summed E-state index contributed by atoms with van der Waals surface area (Å²) < 4.78 is 16.0. The lowest BCUT2D eigenvalue weighted by molar-refractivity contribution is 0.354. The van der Waals surface area contributed by atoms with E-state index in [2.05, 4.69) is 43.5 Å². The summed E-state index contributed by atoms with van der Waals surface area (Å²) in [7, 11) is 4.96. The molecule has 0 aliphatic heterocycles. The van der Waals surface area contributed by atoms with Crippen molar-refractivity contribution >= 4 is 5.96 Å². The molecule has 158 valence electrons. The van der Waals surface area contributed by atoms with E-state index in [1.807, 2.05) is 30.3 Å². The summed E-state index contributed by atoms with van der Waals surface area (Å²) >= 11 is 0. The van der Waals surface area contributed by atoms with E-state index in [0.717, 1.165) is 30.4 Å². The van der Waals surface area contributed by atoms with Gasteiger partial charge in [0, 0.05) is 18.5 Å². The van der Waals surface area contributed by atoms with Crippen LogP contribution >= 0.6 is 0 Å². The zero-order chi connectivity index (χ0) is 21.3. The quantitative estimate of drug-likeness (QED) is 0.497. The second-order valence-corrected chi connectivity index (χ2v) is 7.35. The molecule has 0 saturated carbocycles. The zero-order valence-corrected chi connectivity index (χ0v) is 18.3. The van der Waals surface area contributed by atoms with Crippen molar-refractivity contribution in [3.8, 4) is 17.2 Å². The first kappa shape index (κ1) is 22.4. The number of nitrogens with one attached hydrogen (secondary N) is 2. The van der Waals surface area contributed by atoms with Crippen molar-refractivity contribution in [1.82, 2.24) is 10.6 Å². The Bertz CT molecular complexity index is 819. The van der Waals surface area contributed by atoms with Gasteiger partial charge in [-0.2, -0.15) is 0 Å². The van der Waals surface area contributed by atoms with E-state index in [1.54, 1.807) is 21.3 Å². The van der Waals surface area contributed by atoms with Crippen LogP contribution in [0.5, 0.6) is 17.2 Å². The van der Waals surface area contributed by atoms with Gasteiger partial charge in [0.1, 0.15) is 5.75 Å². The molecule has 2 N–H and O–H groups in total. The first-order chi connectivity index (χ1) is 13.9. The topological polar surface area (TPSA) is 64.1 Å². The average molecular weight is 400 g/mol. The van der Waals surface area contributed by atoms with Crippen molar-refractivity contribution in [2.24, 2.45) is 4.99 Å². The van der Waals surface area contributed by atoms with Gasteiger partial charge in [-0.15, -0.1) is 0 Å². The lowest BCUT2D eigenvalue weighted by Crippen LogP contribution is -2.43. The summed E-state index contributed by atoms with van der Waals surface area (Å²) in [5.74, 6) is 3.06. The van der Waals surface area contributed by atoms with E-state index in [4.69, 9.17) is 19.2 Å². The van der Waals surface area contributed by atoms with Gasteiger partial charge < -0.3 is 24.8 Å². The molecule has 6 heteroatoms. The van der Waals surface area contributed by atoms with Gasteiger partial charge in [-0.3, -0.25) is 0 Å². The van der Waals surface area contributed by atoms with Gasteiger partial charge in [0.05, 0.1) is 27.9 Å². The minimum Gasteiger partial charge on any atom is -0.497 e. The maximum absolute atomic E-state index is 5.38. The molecule has 0 spiro atoms. The summed E-state index contributed by atoms with van der Waals surface area (Å²) in [6.45, 7) is 8.52. The van der Waals surface area contributed by atoms with Crippen LogP contribution in [0.3, 0.4) is 0 Å². The van der Waals surface area contributed by atoms with E-state index in [-0.39, 0.29) is 5.41 Å². The molecule has 0 heterocycles. The fourth-order valence-electron chi connectivity index (χ4n) is 2.94. The Balaban J connectivity index is 2.08. The molecule has 0 saturated heterocycles. The summed E-state index contributed by atoms with van der Waals surface area (Å²) in [6.07, 6.45) is 0. The van der Waals surface area contributed by atoms with Gasteiger partial charge in [-0.25, -0.2) is 4.99 Å².